The van der Waals surface area contributed by atoms with Gasteiger partial charge in [-0.25, -0.2) is 0 Å². The molecule has 0 spiro atoms. The van der Waals surface area contributed by atoms with Crippen LogP contribution in [0.25, 0.3) is 10.9 Å². The Hall–Kier alpha value is -1.81. The highest BCUT2D eigenvalue weighted by molar-refractivity contribution is 5.84. The smallest absolute Gasteiger partial charge is 0.304 e. The number of para-hydroxylation sites is 1. The molecule has 0 aliphatic carbocycles. The molecule has 1 atom stereocenters. The maximum absolute atomic E-state index is 10.7. The average Bonchev–Trinajstić information content (AvgIpc) is 2.69. The number of carboxylic acids is 1. The fraction of sp³-hybridized carbons (Fsp3) is 0.250. The monoisotopic (exact) mass is 219 g/mol. The van der Waals surface area contributed by atoms with Gasteiger partial charge in [-0.3, -0.25) is 4.79 Å². The Morgan fingerprint density at radius 3 is 2.81 bits per heavy atom. The van der Waals surface area contributed by atoms with Crippen molar-refractivity contribution in [3.8, 4) is 0 Å². The Bertz CT molecular complexity index is 504. The number of fused-ring (bicyclic) bond motifs is 1. The van der Waals surface area contributed by atoms with Gasteiger partial charge in [-0.05, 0) is 11.6 Å². The second-order valence-electron chi connectivity index (χ2n) is 3.77. The highest BCUT2D eigenvalue weighted by Gasteiger charge is 2.17. The van der Waals surface area contributed by atoms with Crippen molar-refractivity contribution < 1.29 is 15.0 Å². The van der Waals surface area contributed by atoms with Crippen molar-refractivity contribution in [3.05, 3.63) is 36.0 Å². The number of H-pyrrole nitrogens is 1. The van der Waals surface area contributed by atoms with E-state index in [9.17, 15) is 9.90 Å². The molecule has 1 heterocycles. The zero-order chi connectivity index (χ0) is 11.5. The van der Waals surface area contributed by atoms with Crippen LogP contribution in [-0.2, 0) is 4.79 Å². The molecule has 0 amide bonds. The molecule has 16 heavy (non-hydrogen) atoms. The zero-order valence-electron chi connectivity index (χ0n) is 8.68. The largest absolute Gasteiger partial charge is 0.481 e. The first-order chi connectivity index (χ1) is 7.72. The van der Waals surface area contributed by atoms with Crippen molar-refractivity contribution in [2.24, 2.45) is 0 Å². The normalized spacial score (nSPS) is 12.8. The number of rotatable bonds is 4. The van der Waals surface area contributed by atoms with Gasteiger partial charge in [0.2, 0.25) is 0 Å². The van der Waals surface area contributed by atoms with E-state index in [-0.39, 0.29) is 18.9 Å². The number of nitrogens with one attached hydrogen (secondary N) is 1. The van der Waals surface area contributed by atoms with E-state index in [4.69, 9.17) is 5.11 Å². The lowest BCUT2D eigenvalue weighted by molar-refractivity contribution is -0.137. The highest BCUT2D eigenvalue weighted by atomic mass is 16.4. The second-order valence-corrected chi connectivity index (χ2v) is 3.77. The molecule has 1 aromatic heterocycles. The van der Waals surface area contributed by atoms with E-state index in [1.54, 1.807) is 6.20 Å². The van der Waals surface area contributed by atoms with Crippen LogP contribution in [0.2, 0.25) is 0 Å². The summed E-state index contributed by atoms with van der Waals surface area (Å²) in [6, 6.07) is 7.66. The molecule has 2 rings (SSSR count). The van der Waals surface area contributed by atoms with Crippen LogP contribution in [0.15, 0.2) is 30.5 Å². The van der Waals surface area contributed by atoms with Crippen LogP contribution >= 0.6 is 0 Å². The Morgan fingerprint density at radius 2 is 2.12 bits per heavy atom. The minimum absolute atomic E-state index is 0.0572. The third-order valence-corrected chi connectivity index (χ3v) is 2.70. The van der Waals surface area contributed by atoms with Crippen molar-refractivity contribution in [1.29, 1.82) is 0 Å². The van der Waals surface area contributed by atoms with Gasteiger partial charge in [0.15, 0.2) is 0 Å². The number of aliphatic hydroxyl groups excluding tert-OH is 1. The number of carbonyl (C=O) groups is 1. The predicted octanol–water partition coefficient (Wildman–Crippen LogP) is 1.72. The Labute approximate surface area is 92.5 Å². The van der Waals surface area contributed by atoms with Gasteiger partial charge in [0, 0.05) is 23.0 Å². The van der Waals surface area contributed by atoms with Gasteiger partial charge in [-0.2, -0.15) is 0 Å². The first kappa shape index (κ1) is 10.7. The van der Waals surface area contributed by atoms with Crippen molar-refractivity contribution in [3.63, 3.8) is 0 Å². The summed E-state index contributed by atoms with van der Waals surface area (Å²) in [7, 11) is 0. The summed E-state index contributed by atoms with van der Waals surface area (Å²) in [6.45, 7) is -0.159. The van der Waals surface area contributed by atoms with Crippen LogP contribution < -0.4 is 0 Å². The number of hydrogen-bond acceptors (Lipinski definition) is 2. The molecule has 84 valence electrons. The predicted molar refractivity (Wildman–Crippen MR) is 60.4 cm³/mol. The molecule has 0 bridgehead atoms. The van der Waals surface area contributed by atoms with Crippen molar-refractivity contribution in [2.45, 2.75) is 12.3 Å². The molecular weight excluding hydrogens is 206 g/mol. The van der Waals surface area contributed by atoms with Crippen LogP contribution in [0.3, 0.4) is 0 Å². The van der Waals surface area contributed by atoms with E-state index in [1.165, 1.54) is 0 Å². The molecule has 0 aliphatic heterocycles. The molecule has 0 fully saturated rings. The molecule has 0 saturated carbocycles. The van der Waals surface area contributed by atoms with Gasteiger partial charge in [-0.15, -0.1) is 0 Å². The summed E-state index contributed by atoms with van der Waals surface area (Å²) in [5, 5.41) is 19.0. The summed E-state index contributed by atoms with van der Waals surface area (Å²) < 4.78 is 0. The Kier molecular flexibility index (Phi) is 2.92. The molecule has 0 saturated heterocycles. The van der Waals surface area contributed by atoms with E-state index in [1.807, 2.05) is 24.3 Å². The summed E-state index contributed by atoms with van der Waals surface area (Å²) in [6.07, 6.45) is 1.72. The molecule has 1 aromatic carbocycles. The molecule has 0 radical (unpaired) electrons. The number of aliphatic carboxylic acids is 1. The van der Waals surface area contributed by atoms with Crippen LogP contribution in [0.5, 0.6) is 0 Å². The quantitative estimate of drug-likeness (QED) is 0.733. The number of aromatic nitrogens is 1. The fourth-order valence-corrected chi connectivity index (χ4v) is 1.92. The molecule has 3 N–H and O–H groups in total. The first-order valence-corrected chi connectivity index (χ1v) is 5.11. The van der Waals surface area contributed by atoms with E-state index >= 15 is 0 Å². The number of aromatic amines is 1. The van der Waals surface area contributed by atoms with Crippen LogP contribution in [0.4, 0.5) is 0 Å². The van der Waals surface area contributed by atoms with Crippen LogP contribution in [0, 0.1) is 0 Å². The number of aliphatic hydroxyl groups is 1. The lowest BCUT2D eigenvalue weighted by Crippen LogP contribution is -2.09. The second kappa shape index (κ2) is 4.37. The van der Waals surface area contributed by atoms with Gasteiger partial charge < -0.3 is 15.2 Å². The molecule has 0 aliphatic rings. The topological polar surface area (TPSA) is 73.3 Å². The van der Waals surface area contributed by atoms with Crippen LogP contribution in [0.1, 0.15) is 17.9 Å². The molecule has 4 heteroatoms. The van der Waals surface area contributed by atoms with Gasteiger partial charge in [0.1, 0.15) is 0 Å². The molecule has 1 unspecified atom stereocenters. The number of carboxylic acid groups (broad SMARTS) is 1. The minimum Gasteiger partial charge on any atom is -0.481 e. The third-order valence-electron chi connectivity index (χ3n) is 2.70. The van der Waals surface area contributed by atoms with E-state index < -0.39 is 5.97 Å². The standard InChI is InChI=1S/C12H13NO3/c14-7-8(5-12(15)16)10-6-13-11-4-2-1-3-9(10)11/h1-4,6,8,13-14H,5,7H2,(H,15,16). The minimum atomic E-state index is -0.899. The van der Waals surface area contributed by atoms with E-state index in [2.05, 4.69) is 4.98 Å². The first-order valence-electron chi connectivity index (χ1n) is 5.11. The molecular formula is C12H13NO3. The average molecular weight is 219 g/mol. The highest BCUT2D eigenvalue weighted by Crippen LogP contribution is 2.27. The molecule has 2 aromatic rings. The summed E-state index contributed by atoms with van der Waals surface area (Å²) in [4.78, 5) is 13.8. The van der Waals surface area contributed by atoms with Gasteiger partial charge >= 0.3 is 5.97 Å². The molecule has 4 nitrogen and oxygen atoms in total. The number of hydrogen-bond donors (Lipinski definition) is 3. The number of benzene rings is 1. The van der Waals surface area contributed by atoms with Gasteiger partial charge in [0.25, 0.3) is 0 Å². The summed E-state index contributed by atoms with van der Waals surface area (Å²) in [5.41, 5.74) is 1.82. The third kappa shape index (κ3) is 1.92. The maximum Gasteiger partial charge on any atom is 0.304 e. The Morgan fingerprint density at radius 1 is 1.38 bits per heavy atom. The van der Waals surface area contributed by atoms with Crippen molar-refractivity contribution in [2.75, 3.05) is 6.61 Å². The van der Waals surface area contributed by atoms with Crippen molar-refractivity contribution in [1.82, 2.24) is 4.98 Å². The lowest BCUT2D eigenvalue weighted by Gasteiger charge is -2.10. The van der Waals surface area contributed by atoms with E-state index in [0.717, 1.165) is 16.5 Å². The SMILES string of the molecule is O=C(O)CC(CO)c1c[nH]c2ccccc12. The summed E-state index contributed by atoms with van der Waals surface area (Å²) in [5.74, 6) is -1.25. The Balaban J connectivity index is 2.41. The fourth-order valence-electron chi connectivity index (χ4n) is 1.92. The zero-order valence-corrected chi connectivity index (χ0v) is 8.68. The maximum atomic E-state index is 10.7. The van der Waals surface area contributed by atoms with Crippen molar-refractivity contribution >= 4 is 16.9 Å². The van der Waals surface area contributed by atoms with E-state index in [0.29, 0.717) is 0 Å². The summed E-state index contributed by atoms with van der Waals surface area (Å²) >= 11 is 0. The van der Waals surface area contributed by atoms with Gasteiger partial charge in [-0.1, -0.05) is 18.2 Å². The lowest BCUT2D eigenvalue weighted by atomic mass is 9.96. The van der Waals surface area contributed by atoms with Gasteiger partial charge in [0.05, 0.1) is 13.0 Å². The van der Waals surface area contributed by atoms with Crippen LogP contribution in [-0.4, -0.2) is 27.8 Å².